The molecule has 0 radical (unpaired) electrons. The average Bonchev–Trinajstić information content (AvgIpc) is 2.44. The van der Waals surface area contributed by atoms with E-state index in [1.165, 1.54) is 5.56 Å². The molecule has 0 fully saturated rings. The Kier molecular flexibility index (Phi) is 5.65. The SMILES string of the molecule is CCOc1ccccc1Oc1ccc(CC(C)N)c(Br)c1. The highest BCUT2D eigenvalue weighted by molar-refractivity contribution is 9.10. The molecular formula is C17H20BrNO2. The van der Waals surface area contributed by atoms with E-state index < -0.39 is 0 Å². The van der Waals surface area contributed by atoms with Crippen LogP contribution in [0.4, 0.5) is 0 Å². The maximum Gasteiger partial charge on any atom is 0.169 e. The van der Waals surface area contributed by atoms with Gasteiger partial charge in [-0.1, -0.05) is 34.1 Å². The van der Waals surface area contributed by atoms with E-state index in [9.17, 15) is 0 Å². The molecule has 21 heavy (non-hydrogen) atoms. The lowest BCUT2D eigenvalue weighted by molar-refractivity contribution is 0.321. The number of benzene rings is 2. The number of nitrogens with two attached hydrogens (primary N) is 1. The summed E-state index contributed by atoms with van der Waals surface area (Å²) >= 11 is 3.57. The Labute approximate surface area is 134 Å². The molecule has 0 aliphatic rings. The summed E-state index contributed by atoms with van der Waals surface area (Å²) in [6.45, 7) is 4.56. The van der Waals surface area contributed by atoms with Crippen LogP contribution in [-0.2, 0) is 6.42 Å². The fourth-order valence-electron chi connectivity index (χ4n) is 2.04. The van der Waals surface area contributed by atoms with Gasteiger partial charge in [-0.3, -0.25) is 0 Å². The van der Waals surface area contributed by atoms with Crippen molar-refractivity contribution in [3.63, 3.8) is 0 Å². The van der Waals surface area contributed by atoms with Crippen molar-refractivity contribution in [2.24, 2.45) is 5.73 Å². The van der Waals surface area contributed by atoms with Crippen molar-refractivity contribution in [3.05, 3.63) is 52.5 Å². The van der Waals surface area contributed by atoms with E-state index >= 15 is 0 Å². The number of rotatable bonds is 6. The van der Waals surface area contributed by atoms with Gasteiger partial charge in [0.2, 0.25) is 0 Å². The highest BCUT2D eigenvalue weighted by Gasteiger charge is 2.08. The minimum absolute atomic E-state index is 0.131. The summed E-state index contributed by atoms with van der Waals surface area (Å²) in [4.78, 5) is 0. The van der Waals surface area contributed by atoms with Gasteiger partial charge in [0.25, 0.3) is 0 Å². The Morgan fingerprint density at radius 3 is 2.48 bits per heavy atom. The maximum absolute atomic E-state index is 5.92. The third kappa shape index (κ3) is 4.48. The van der Waals surface area contributed by atoms with Gasteiger partial charge in [0, 0.05) is 10.5 Å². The van der Waals surface area contributed by atoms with Crippen molar-refractivity contribution in [2.75, 3.05) is 6.61 Å². The number of ether oxygens (including phenoxy) is 2. The molecule has 0 aliphatic heterocycles. The predicted molar refractivity (Wildman–Crippen MR) is 89.2 cm³/mol. The van der Waals surface area contributed by atoms with Gasteiger partial charge < -0.3 is 15.2 Å². The third-order valence-electron chi connectivity index (χ3n) is 2.94. The first-order valence-electron chi connectivity index (χ1n) is 7.04. The maximum atomic E-state index is 5.92. The van der Waals surface area contributed by atoms with E-state index in [0.717, 1.165) is 22.4 Å². The van der Waals surface area contributed by atoms with E-state index in [-0.39, 0.29) is 6.04 Å². The first-order chi connectivity index (χ1) is 10.1. The molecule has 112 valence electrons. The van der Waals surface area contributed by atoms with Gasteiger partial charge in [-0.15, -0.1) is 0 Å². The summed E-state index contributed by atoms with van der Waals surface area (Å²) in [5.41, 5.74) is 7.02. The molecule has 2 N–H and O–H groups in total. The van der Waals surface area contributed by atoms with Crippen molar-refractivity contribution in [3.8, 4) is 17.2 Å². The molecule has 2 rings (SSSR count). The molecule has 0 bridgehead atoms. The molecule has 0 spiro atoms. The Bertz CT molecular complexity index is 599. The molecule has 0 amide bonds. The lowest BCUT2D eigenvalue weighted by Gasteiger charge is -2.13. The number of hydrogen-bond donors (Lipinski definition) is 1. The molecule has 0 heterocycles. The van der Waals surface area contributed by atoms with Crippen LogP contribution in [0.5, 0.6) is 17.2 Å². The monoisotopic (exact) mass is 349 g/mol. The van der Waals surface area contributed by atoms with Crippen LogP contribution in [-0.4, -0.2) is 12.6 Å². The number of halogens is 1. The molecule has 2 aromatic rings. The van der Waals surface area contributed by atoms with Gasteiger partial charge in [0.05, 0.1) is 6.61 Å². The van der Waals surface area contributed by atoms with Crippen LogP contribution in [0.2, 0.25) is 0 Å². The summed E-state index contributed by atoms with van der Waals surface area (Å²) in [7, 11) is 0. The van der Waals surface area contributed by atoms with E-state index in [1.54, 1.807) is 0 Å². The fraction of sp³-hybridized carbons (Fsp3) is 0.294. The average molecular weight is 350 g/mol. The second-order valence-electron chi connectivity index (χ2n) is 4.92. The molecule has 3 nitrogen and oxygen atoms in total. The number of hydrogen-bond acceptors (Lipinski definition) is 3. The van der Waals surface area contributed by atoms with Gasteiger partial charge in [0.1, 0.15) is 5.75 Å². The Morgan fingerprint density at radius 1 is 1.14 bits per heavy atom. The molecule has 1 unspecified atom stereocenters. The van der Waals surface area contributed by atoms with E-state index in [1.807, 2.05) is 56.3 Å². The van der Waals surface area contributed by atoms with Crippen LogP contribution in [0.3, 0.4) is 0 Å². The molecule has 0 saturated carbocycles. The quantitative estimate of drug-likeness (QED) is 0.833. The van der Waals surface area contributed by atoms with Crippen LogP contribution >= 0.6 is 15.9 Å². The van der Waals surface area contributed by atoms with Crippen molar-refractivity contribution < 1.29 is 9.47 Å². The summed E-state index contributed by atoms with van der Waals surface area (Å²) in [5, 5.41) is 0. The fourth-order valence-corrected chi connectivity index (χ4v) is 2.56. The summed E-state index contributed by atoms with van der Waals surface area (Å²) in [6.07, 6.45) is 0.830. The van der Waals surface area contributed by atoms with E-state index in [2.05, 4.69) is 15.9 Å². The lowest BCUT2D eigenvalue weighted by atomic mass is 10.1. The molecule has 0 aromatic heterocycles. The molecular weight excluding hydrogens is 330 g/mol. The highest BCUT2D eigenvalue weighted by atomic mass is 79.9. The Morgan fingerprint density at radius 2 is 1.86 bits per heavy atom. The minimum Gasteiger partial charge on any atom is -0.490 e. The predicted octanol–water partition coefficient (Wildman–Crippen LogP) is 4.53. The van der Waals surface area contributed by atoms with Gasteiger partial charge in [-0.05, 0) is 50.1 Å². The van der Waals surface area contributed by atoms with Crippen molar-refractivity contribution in [2.45, 2.75) is 26.3 Å². The van der Waals surface area contributed by atoms with Crippen LogP contribution < -0.4 is 15.2 Å². The van der Waals surface area contributed by atoms with Crippen LogP contribution in [0.1, 0.15) is 19.4 Å². The summed E-state index contributed by atoms with van der Waals surface area (Å²) in [5.74, 6) is 2.23. The minimum atomic E-state index is 0.131. The van der Waals surface area contributed by atoms with Gasteiger partial charge >= 0.3 is 0 Å². The van der Waals surface area contributed by atoms with E-state index in [0.29, 0.717) is 12.4 Å². The lowest BCUT2D eigenvalue weighted by Crippen LogP contribution is -2.17. The standard InChI is InChI=1S/C17H20BrNO2/c1-3-20-16-6-4-5-7-17(16)21-14-9-8-13(10-12(2)19)15(18)11-14/h4-9,11-12H,3,10,19H2,1-2H3. The zero-order chi connectivity index (χ0) is 15.2. The molecule has 0 aliphatic carbocycles. The Balaban J connectivity index is 2.18. The van der Waals surface area contributed by atoms with Gasteiger partial charge in [0.15, 0.2) is 11.5 Å². The second kappa shape index (κ2) is 7.48. The smallest absolute Gasteiger partial charge is 0.169 e. The number of para-hydroxylation sites is 2. The van der Waals surface area contributed by atoms with Crippen molar-refractivity contribution >= 4 is 15.9 Å². The van der Waals surface area contributed by atoms with Crippen LogP contribution in [0.15, 0.2) is 46.9 Å². The van der Waals surface area contributed by atoms with E-state index in [4.69, 9.17) is 15.2 Å². The Hall–Kier alpha value is -1.52. The topological polar surface area (TPSA) is 44.5 Å². The van der Waals surface area contributed by atoms with Crippen LogP contribution in [0, 0.1) is 0 Å². The van der Waals surface area contributed by atoms with Gasteiger partial charge in [-0.2, -0.15) is 0 Å². The molecule has 1 atom stereocenters. The normalized spacial score (nSPS) is 12.0. The van der Waals surface area contributed by atoms with Crippen molar-refractivity contribution in [1.29, 1.82) is 0 Å². The first kappa shape index (κ1) is 15.9. The molecule has 2 aromatic carbocycles. The zero-order valence-electron chi connectivity index (χ0n) is 12.3. The highest BCUT2D eigenvalue weighted by Crippen LogP contribution is 2.33. The molecule has 4 heteroatoms. The first-order valence-corrected chi connectivity index (χ1v) is 7.83. The van der Waals surface area contributed by atoms with Crippen LogP contribution in [0.25, 0.3) is 0 Å². The molecule has 0 saturated heterocycles. The summed E-state index contributed by atoms with van der Waals surface area (Å²) in [6, 6.07) is 13.7. The third-order valence-corrected chi connectivity index (χ3v) is 3.68. The van der Waals surface area contributed by atoms with Crippen molar-refractivity contribution in [1.82, 2.24) is 0 Å². The second-order valence-corrected chi connectivity index (χ2v) is 5.77. The summed E-state index contributed by atoms with van der Waals surface area (Å²) < 4.78 is 12.5. The zero-order valence-corrected chi connectivity index (χ0v) is 13.9. The van der Waals surface area contributed by atoms with Gasteiger partial charge in [-0.25, -0.2) is 0 Å². The largest absolute Gasteiger partial charge is 0.490 e.